The third kappa shape index (κ3) is 0.784. The topological polar surface area (TPSA) is 9.23 Å². The fourth-order valence-electron chi connectivity index (χ4n) is 1.04. The molecule has 1 heteroatoms. The van der Waals surface area contributed by atoms with Gasteiger partial charge in [-0.1, -0.05) is 12.1 Å². The lowest BCUT2D eigenvalue weighted by atomic mass is 10.2. The zero-order valence-electron chi connectivity index (χ0n) is 5.13. The maximum atomic E-state index is 5.32. The van der Waals surface area contributed by atoms with E-state index >= 15 is 0 Å². The molecule has 46 valence electrons. The summed E-state index contributed by atoms with van der Waals surface area (Å²) in [5.74, 6) is 0.997. The van der Waals surface area contributed by atoms with Crippen molar-refractivity contribution >= 4 is 0 Å². The van der Waals surface area contributed by atoms with Gasteiger partial charge in [0, 0.05) is 6.42 Å². The molecule has 9 heavy (non-hydrogen) atoms. The lowest BCUT2D eigenvalue weighted by Crippen LogP contribution is -1.95. The maximum absolute atomic E-state index is 5.32. The molecule has 0 N–H and O–H groups in total. The normalized spacial score (nSPS) is 14.7. The Morgan fingerprint density at radius 1 is 1.11 bits per heavy atom. The Bertz CT molecular complexity index is 177. The molecule has 0 unspecified atom stereocenters. The number of benzene rings is 1. The number of hydrogen-bond acceptors (Lipinski definition) is 1. The molecule has 0 spiro atoms. The summed E-state index contributed by atoms with van der Waals surface area (Å²) in [6, 6.07) is 8.26. The average molecular weight is 120 g/mol. The van der Waals surface area contributed by atoms with E-state index < -0.39 is 0 Å². The van der Waals surface area contributed by atoms with Crippen molar-refractivity contribution in [3.05, 3.63) is 29.8 Å². The number of fused-ring (bicyclic) bond motifs is 4. The van der Waals surface area contributed by atoms with Crippen LogP contribution < -0.4 is 4.74 Å². The molecule has 2 heterocycles. The van der Waals surface area contributed by atoms with Gasteiger partial charge in [-0.05, 0) is 17.7 Å². The predicted octanol–water partition coefficient (Wildman–Crippen LogP) is 1.62. The van der Waals surface area contributed by atoms with E-state index in [1.165, 1.54) is 5.56 Å². The molecule has 0 radical (unpaired) electrons. The van der Waals surface area contributed by atoms with Crippen LogP contribution in [0.15, 0.2) is 24.3 Å². The molecule has 1 aromatic carbocycles. The largest absolute Gasteiger partial charge is 0.493 e. The lowest BCUT2D eigenvalue weighted by molar-refractivity contribution is 0.328. The zero-order chi connectivity index (χ0) is 6.10. The van der Waals surface area contributed by atoms with Crippen molar-refractivity contribution in [3.8, 4) is 5.75 Å². The van der Waals surface area contributed by atoms with Gasteiger partial charge in [-0.2, -0.15) is 0 Å². The molecule has 3 rings (SSSR count). The third-order valence-electron chi connectivity index (χ3n) is 1.58. The van der Waals surface area contributed by atoms with E-state index in [-0.39, 0.29) is 0 Å². The summed E-state index contributed by atoms with van der Waals surface area (Å²) in [5, 5.41) is 0. The van der Waals surface area contributed by atoms with Crippen molar-refractivity contribution in [1.82, 2.24) is 0 Å². The van der Waals surface area contributed by atoms with E-state index in [1.807, 2.05) is 12.1 Å². The van der Waals surface area contributed by atoms with Crippen LogP contribution in [0.3, 0.4) is 0 Å². The van der Waals surface area contributed by atoms with Gasteiger partial charge in [0.05, 0.1) is 6.61 Å². The van der Waals surface area contributed by atoms with E-state index in [0.29, 0.717) is 0 Å². The first-order valence-corrected chi connectivity index (χ1v) is 3.17. The minimum atomic E-state index is 0.838. The molecule has 0 aromatic heterocycles. The zero-order valence-corrected chi connectivity index (χ0v) is 5.13. The highest BCUT2D eigenvalue weighted by atomic mass is 16.5. The minimum Gasteiger partial charge on any atom is -0.493 e. The molecule has 2 aliphatic rings. The van der Waals surface area contributed by atoms with Crippen molar-refractivity contribution in [1.29, 1.82) is 0 Å². The second kappa shape index (κ2) is 1.76. The van der Waals surface area contributed by atoms with Gasteiger partial charge < -0.3 is 4.74 Å². The van der Waals surface area contributed by atoms with Gasteiger partial charge >= 0.3 is 0 Å². The van der Waals surface area contributed by atoms with Gasteiger partial charge in [-0.15, -0.1) is 0 Å². The Hall–Kier alpha value is -0.980. The van der Waals surface area contributed by atoms with Gasteiger partial charge in [0.1, 0.15) is 5.75 Å². The van der Waals surface area contributed by atoms with Gasteiger partial charge in [-0.3, -0.25) is 0 Å². The quantitative estimate of drug-likeness (QED) is 0.505. The summed E-state index contributed by atoms with van der Waals surface area (Å²) >= 11 is 0. The van der Waals surface area contributed by atoms with Crippen molar-refractivity contribution in [3.63, 3.8) is 0 Å². The van der Waals surface area contributed by atoms with Crippen molar-refractivity contribution in [2.75, 3.05) is 6.61 Å². The molecule has 1 nitrogen and oxygen atoms in total. The number of hydrogen-bond donors (Lipinski definition) is 0. The van der Waals surface area contributed by atoms with Crippen LogP contribution in [0.4, 0.5) is 0 Å². The van der Waals surface area contributed by atoms with E-state index in [1.54, 1.807) is 0 Å². The first kappa shape index (κ1) is 4.86. The van der Waals surface area contributed by atoms with Gasteiger partial charge in [-0.25, -0.2) is 0 Å². The minimum absolute atomic E-state index is 0.838. The van der Waals surface area contributed by atoms with Crippen LogP contribution >= 0.6 is 0 Å². The molecule has 0 atom stereocenters. The molecule has 0 amide bonds. The van der Waals surface area contributed by atoms with E-state index in [4.69, 9.17) is 4.74 Å². The predicted molar refractivity (Wildman–Crippen MR) is 35.6 cm³/mol. The Morgan fingerprint density at radius 2 is 1.89 bits per heavy atom. The standard InChI is InChI=1S/C8H8O/c1-3-8-4-2-7(1)5-6-9-8/h1-4H,5-6H2. The summed E-state index contributed by atoms with van der Waals surface area (Å²) in [6.45, 7) is 0.838. The Balaban J connectivity index is 2.53. The van der Waals surface area contributed by atoms with Crippen LogP contribution in [0.1, 0.15) is 5.56 Å². The summed E-state index contributed by atoms with van der Waals surface area (Å²) < 4.78 is 5.32. The average Bonchev–Trinajstić information content (AvgIpc) is 2.21. The first-order valence-electron chi connectivity index (χ1n) is 3.17. The van der Waals surface area contributed by atoms with Crippen LogP contribution in [0.5, 0.6) is 5.75 Å². The molecule has 2 aliphatic heterocycles. The number of rotatable bonds is 0. The summed E-state index contributed by atoms with van der Waals surface area (Å²) in [6.07, 6.45) is 1.05. The van der Waals surface area contributed by atoms with Crippen molar-refractivity contribution in [2.24, 2.45) is 0 Å². The SMILES string of the molecule is c1cc2ccc1CCO2. The van der Waals surface area contributed by atoms with Gasteiger partial charge in [0.2, 0.25) is 0 Å². The van der Waals surface area contributed by atoms with Crippen LogP contribution in [-0.4, -0.2) is 6.61 Å². The van der Waals surface area contributed by atoms with E-state index in [0.717, 1.165) is 18.8 Å². The summed E-state index contributed by atoms with van der Waals surface area (Å²) in [5.41, 5.74) is 1.37. The Morgan fingerprint density at radius 3 is 2.67 bits per heavy atom. The fraction of sp³-hybridized carbons (Fsp3) is 0.250. The van der Waals surface area contributed by atoms with Crippen LogP contribution in [0.25, 0.3) is 0 Å². The molecule has 0 saturated carbocycles. The third-order valence-corrected chi connectivity index (χ3v) is 1.58. The lowest BCUT2D eigenvalue weighted by Gasteiger charge is -1.96. The highest BCUT2D eigenvalue weighted by molar-refractivity contribution is 5.29. The second-order valence-electron chi connectivity index (χ2n) is 2.24. The fourth-order valence-corrected chi connectivity index (χ4v) is 1.04. The molecule has 0 saturated heterocycles. The van der Waals surface area contributed by atoms with Crippen LogP contribution in [-0.2, 0) is 6.42 Å². The van der Waals surface area contributed by atoms with Gasteiger partial charge in [0.25, 0.3) is 0 Å². The second-order valence-corrected chi connectivity index (χ2v) is 2.24. The van der Waals surface area contributed by atoms with Crippen LogP contribution in [0.2, 0.25) is 0 Å². The smallest absolute Gasteiger partial charge is 0.119 e. The monoisotopic (exact) mass is 120 g/mol. The highest BCUT2D eigenvalue weighted by Gasteiger charge is 2.00. The molecule has 0 fully saturated rings. The molecule has 2 bridgehead atoms. The molecular formula is C8H8O. The van der Waals surface area contributed by atoms with Crippen molar-refractivity contribution in [2.45, 2.75) is 6.42 Å². The molecule has 1 aromatic rings. The van der Waals surface area contributed by atoms with Gasteiger partial charge in [0.15, 0.2) is 0 Å². The number of ether oxygens (including phenoxy) is 1. The van der Waals surface area contributed by atoms with E-state index in [9.17, 15) is 0 Å². The van der Waals surface area contributed by atoms with E-state index in [2.05, 4.69) is 12.1 Å². The molecular weight excluding hydrogens is 112 g/mol. The molecule has 0 aliphatic carbocycles. The van der Waals surface area contributed by atoms with Crippen LogP contribution in [0, 0.1) is 0 Å². The highest BCUT2D eigenvalue weighted by Crippen LogP contribution is 2.16. The maximum Gasteiger partial charge on any atom is 0.119 e. The Labute approximate surface area is 54.3 Å². The first-order chi connectivity index (χ1) is 4.45. The summed E-state index contributed by atoms with van der Waals surface area (Å²) in [4.78, 5) is 0. The summed E-state index contributed by atoms with van der Waals surface area (Å²) in [7, 11) is 0. The van der Waals surface area contributed by atoms with Crippen molar-refractivity contribution < 1.29 is 4.74 Å². The Kier molecular flexibility index (Phi) is 0.950.